The average Bonchev–Trinajstić information content (AvgIpc) is 2.62. The number of benzene rings is 1. The summed E-state index contributed by atoms with van der Waals surface area (Å²) in [5.41, 5.74) is 0.604. The highest BCUT2D eigenvalue weighted by Crippen LogP contribution is 2.50. The van der Waals surface area contributed by atoms with E-state index in [1.807, 2.05) is 19.9 Å². The van der Waals surface area contributed by atoms with E-state index in [0.29, 0.717) is 35.7 Å². The van der Waals surface area contributed by atoms with Crippen LogP contribution in [0.5, 0.6) is 17.2 Å². The Morgan fingerprint density at radius 1 is 1.12 bits per heavy atom. The van der Waals surface area contributed by atoms with E-state index in [4.69, 9.17) is 18.9 Å². The minimum atomic E-state index is -0.984. The van der Waals surface area contributed by atoms with Crippen LogP contribution in [0.1, 0.15) is 38.4 Å². The Labute approximate surface area is 154 Å². The highest BCUT2D eigenvalue weighted by Gasteiger charge is 2.50. The average molecular weight is 364 g/mol. The van der Waals surface area contributed by atoms with Gasteiger partial charge < -0.3 is 29.2 Å². The van der Waals surface area contributed by atoms with Crippen LogP contribution in [-0.4, -0.2) is 49.4 Å². The van der Waals surface area contributed by atoms with Crippen molar-refractivity contribution in [2.75, 3.05) is 21.3 Å². The molecule has 1 aliphatic heterocycles. The van der Waals surface area contributed by atoms with Crippen molar-refractivity contribution in [3.8, 4) is 17.2 Å². The number of aliphatic hydroxyl groups is 2. The van der Waals surface area contributed by atoms with E-state index in [0.717, 1.165) is 5.57 Å². The molecular formula is C20H28O6. The van der Waals surface area contributed by atoms with Gasteiger partial charge in [-0.2, -0.15) is 0 Å². The highest BCUT2D eigenvalue weighted by atomic mass is 16.5. The van der Waals surface area contributed by atoms with E-state index in [1.54, 1.807) is 33.5 Å². The maximum Gasteiger partial charge on any atom is 0.132 e. The van der Waals surface area contributed by atoms with Gasteiger partial charge in [-0.3, -0.25) is 0 Å². The van der Waals surface area contributed by atoms with Gasteiger partial charge in [0.1, 0.15) is 23.4 Å². The Kier molecular flexibility index (Phi) is 5.19. The van der Waals surface area contributed by atoms with Crippen molar-refractivity contribution >= 4 is 0 Å². The number of methoxy groups -OCH3 is 3. The number of hydrogen-bond acceptors (Lipinski definition) is 6. The van der Waals surface area contributed by atoms with Gasteiger partial charge in [0.25, 0.3) is 0 Å². The summed E-state index contributed by atoms with van der Waals surface area (Å²) in [6, 6.07) is 3.54. The molecule has 1 unspecified atom stereocenters. The second-order valence-electron chi connectivity index (χ2n) is 7.33. The van der Waals surface area contributed by atoms with E-state index < -0.39 is 23.9 Å². The lowest BCUT2D eigenvalue weighted by molar-refractivity contribution is -0.207. The van der Waals surface area contributed by atoms with Gasteiger partial charge in [0.15, 0.2) is 0 Å². The van der Waals surface area contributed by atoms with E-state index in [9.17, 15) is 10.2 Å². The number of fused-ring (bicyclic) bond motifs is 1. The number of hydrogen-bond donors (Lipinski definition) is 2. The van der Waals surface area contributed by atoms with Crippen molar-refractivity contribution in [3.63, 3.8) is 0 Å². The third-order valence-electron chi connectivity index (χ3n) is 5.66. The molecule has 144 valence electrons. The number of aliphatic hydroxyl groups excluding tert-OH is 1. The van der Waals surface area contributed by atoms with Gasteiger partial charge in [0.05, 0.1) is 44.7 Å². The standard InChI is InChI=1S/C20H28O6/c1-11-6-7-13-19(18(11)21)26-16(10-20(13,2)22)17-14(24-4)8-12(23-3)9-15(17)25-5/h6,8-9,13,16,18-19,21-22H,7,10H2,1-5H3/t13-,16+,18-,19-,20?/m1/s1. The summed E-state index contributed by atoms with van der Waals surface area (Å²) in [7, 11) is 4.72. The summed E-state index contributed by atoms with van der Waals surface area (Å²) in [4.78, 5) is 0. The van der Waals surface area contributed by atoms with Gasteiger partial charge in [-0.25, -0.2) is 0 Å². The van der Waals surface area contributed by atoms with Crippen LogP contribution in [0.25, 0.3) is 0 Å². The molecule has 1 aliphatic carbocycles. The first-order chi connectivity index (χ1) is 12.3. The third-order valence-corrected chi connectivity index (χ3v) is 5.66. The van der Waals surface area contributed by atoms with Crippen LogP contribution in [0.3, 0.4) is 0 Å². The second kappa shape index (κ2) is 7.10. The summed E-state index contributed by atoms with van der Waals surface area (Å²) in [5.74, 6) is 1.59. The number of rotatable bonds is 4. The summed E-state index contributed by atoms with van der Waals surface area (Å²) >= 11 is 0. The highest BCUT2D eigenvalue weighted by molar-refractivity contribution is 5.52. The predicted molar refractivity (Wildman–Crippen MR) is 96.8 cm³/mol. The minimum absolute atomic E-state index is 0.160. The zero-order valence-corrected chi connectivity index (χ0v) is 16.0. The SMILES string of the molecule is COc1cc(OC)c([C@@H]2CC(C)(O)[C@@H]3CC=C(C)[C@@H](O)[C@@H]3O2)c(OC)c1. The molecule has 6 nitrogen and oxygen atoms in total. The molecule has 1 aromatic rings. The fraction of sp³-hybridized carbons (Fsp3) is 0.600. The molecule has 0 amide bonds. The molecule has 0 spiro atoms. The minimum Gasteiger partial charge on any atom is -0.496 e. The summed E-state index contributed by atoms with van der Waals surface area (Å²) in [6.07, 6.45) is 1.36. The lowest BCUT2D eigenvalue weighted by Crippen LogP contribution is -2.55. The molecule has 0 saturated carbocycles. The number of allylic oxidation sites excluding steroid dienone is 1. The van der Waals surface area contributed by atoms with Gasteiger partial charge in [-0.1, -0.05) is 6.08 Å². The van der Waals surface area contributed by atoms with Crippen LogP contribution in [-0.2, 0) is 4.74 Å². The first-order valence-corrected chi connectivity index (χ1v) is 8.84. The molecule has 0 bridgehead atoms. The molecule has 1 fully saturated rings. The Morgan fingerprint density at radius 3 is 2.27 bits per heavy atom. The van der Waals surface area contributed by atoms with Crippen molar-refractivity contribution in [1.29, 1.82) is 0 Å². The zero-order valence-electron chi connectivity index (χ0n) is 16.0. The summed E-state index contributed by atoms with van der Waals surface area (Å²) in [6.45, 7) is 3.70. The number of ether oxygens (including phenoxy) is 4. The van der Waals surface area contributed by atoms with Crippen molar-refractivity contribution in [2.24, 2.45) is 5.92 Å². The Morgan fingerprint density at radius 2 is 1.73 bits per heavy atom. The Hall–Kier alpha value is -1.76. The van der Waals surface area contributed by atoms with Crippen LogP contribution >= 0.6 is 0 Å². The smallest absolute Gasteiger partial charge is 0.132 e. The van der Waals surface area contributed by atoms with Gasteiger partial charge in [-0.05, 0) is 25.8 Å². The molecule has 0 radical (unpaired) electrons. The van der Waals surface area contributed by atoms with Gasteiger partial charge >= 0.3 is 0 Å². The van der Waals surface area contributed by atoms with Crippen LogP contribution in [0, 0.1) is 5.92 Å². The molecule has 2 aliphatic rings. The van der Waals surface area contributed by atoms with Crippen molar-refractivity contribution < 1.29 is 29.2 Å². The fourth-order valence-corrected chi connectivity index (χ4v) is 4.11. The lowest BCUT2D eigenvalue weighted by Gasteiger charge is -2.49. The lowest BCUT2D eigenvalue weighted by atomic mass is 9.70. The molecule has 1 heterocycles. The molecule has 0 aromatic heterocycles. The van der Waals surface area contributed by atoms with Crippen molar-refractivity contribution in [1.82, 2.24) is 0 Å². The normalized spacial score (nSPS) is 33.9. The Balaban J connectivity index is 2.04. The van der Waals surface area contributed by atoms with E-state index in [1.165, 1.54) is 0 Å². The van der Waals surface area contributed by atoms with Gasteiger partial charge in [0, 0.05) is 24.5 Å². The van der Waals surface area contributed by atoms with E-state index in [-0.39, 0.29) is 5.92 Å². The fourth-order valence-electron chi connectivity index (χ4n) is 4.11. The Bertz CT molecular complexity index is 671. The zero-order chi connectivity index (χ0) is 19.1. The van der Waals surface area contributed by atoms with E-state index >= 15 is 0 Å². The second-order valence-corrected chi connectivity index (χ2v) is 7.33. The molecule has 3 rings (SSSR count). The van der Waals surface area contributed by atoms with Gasteiger partial charge in [-0.15, -0.1) is 0 Å². The predicted octanol–water partition coefficient (Wildman–Crippen LogP) is 2.62. The molecule has 1 saturated heterocycles. The molecular weight excluding hydrogens is 336 g/mol. The van der Waals surface area contributed by atoms with E-state index in [2.05, 4.69) is 0 Å². The third kappa shape index (κ3) is 3.17. The molecule has 2 N–H and O–H groups in total. The summed E-state index contributed by atoms with van der Waals surface area (Å²) < 4.78 is 22.7. The molecule has 6 heteroatoms. The van der Waals surface area contributed by atoms with Crippen molar-refractivity contribution in [2.45, 2.75) is 50.6 Å². The first-order valence-electron chi connectivity index (χ1n) is 8.84. The largest absolute Gasteiger partial charge is 0.496 e. The quantitative estimate of drug-likeness (QED) is 0.800. The monoisotopic (exact) mass is 364 g/mol. The maximum atomic E-state index is 11.1. The molecule has 26 heavy (non-hydrogen) atoms. The molecule has 1 aromatic carbocycles. The van der Waals surface area contributed by atoms with Crippen LogP contribution in [0.4, 0.5) is 0 Å². The first kappa shape index (κ1) is 19.0. The van der Waals surface area contributed by atoms with Crippen LogP contribution in [0.15, 0.2) is 23.8 Å². The molecule has 5 atom stereocenters. The maximum absolute atomic E-state index is 11.1. The topological polar surface area (TPSA) is 77.4 Å². The summed E-state index contributed by atoms with van der Waals surface area (Å²) in [5, 5.41) is 21.7. The van der Waals surface area contributed by atoms with Crippen molar-refractivity contribution in [3.05, 3.63) is 29.3 Å². The van der Waals surface area contributed by atoms with Crippen LogP contribution < -0.4 is 14.2 Å². The van der Waals surface area contributed by atoms with Crippen LogP contribution in [0.2, 0.25) is 0 Å². The van der Waals surface area contributed by atoms with Gasteiger partial charge in [0.2, 0.25) is 0 Å².